The predicted octanol–water partition coefficient (Wildman–Crippen LogP) is 3.44. The third kappa shape index (κ3) is 2.72. The van der Waals surface area contributed by atoms with Crippen LogP contribution < -0.4 is 0 Å². The van der Waals surface area contributed by atoms with E-state index in [9.17, 15) is 9.50 Å². The average Bonchev–Trinajstić information content (AvgIpc) is 3.28. The van der Waals surface area contributed by atoms with Crippen molar-refractivity contribution in [1.82, 2.24) is 4.90 Å². The van der Waals surface area contributed by atoms with Gasteiger partial charge in [0.15, 0.2) is 5.60 Å². The molecule has 5 rings (SSSR count). The molecule has 0 unspecified atom stereocenters. The Morgan fingerprint density at radius 3 is 2.74 bits per heavy atom. The van der Waals surface area contributed by atoms with Crippen LogP contribution in [0.25, 0.3) is 0 Å². The highest BCUT2D eigenvalue weighted by Crippen LogP contribution is 2.41. The van der Waals surface area contributed by atoms with Gasteiger partial charge in [0.25, 0.3) is 6.02 Å². The average molecular weight is 366 g/mol. The van der Waals surface area contributed by atoms with E-state index in [1.165, 1.54) is 23.3 Å². The van der Waals surface area contributed by atoms with Crippen molar-refractivity contribution < 1.29 is 14.2 Å². The molecule has 0 bridgehead atoms. The van der Waals surface area contributed by atoms with Gasteiger partial charge < -0.3 is 14.7 Å². The lowest BCUT2D eigenvalue weighted by atomic mass is 9.88. The Labute approximate surface area is 158 Å². The maximum absolute atomic E-state index is 13.5. The first-order valence-corrected chi connectivity index (χ1v) is 9.68. The zero-order chi connectivity index (χ0) is 18.4. The van der Waals surface area contributed by atoms with E-state index in [4.69, 9.17) is 9.73 Å². The van der Waals surface area contributed by atoms with Crippen molar-refractivity contribution in [3.05, 3.63) is 71.0 Å². The smallest absolute Gasteiger partial charge is 0.288 e. The predicted molar refractivity (Wildman–Crippen MR) is 101 cm³/mol. The van der Waals surface area contributed by atoms with E-state index in [-0.39, 0.29) is 11.9 Å². The van der Waals surface area contributed by atoms with E-state index < -0.39 is 11.7 Å². The van der Waals surface area contributed by atoms with Gasteiger partial charge in [0.1, 0.15) is 5.82 Å². The summed E-state index contributed by atoms with van der Waals surface area (Å²) >= 11 is 0. The number of aliphatic imine (C=N–C) groups is 1. The Morgan fingerprint density at radius 2 is 1.96 bits per heavy atom. The van der Waals surface area contributed by atoms with Crippen molar-refractivity contribution in [2.45, 2.75) is 43.4 Å². The van der Waals surface area contributed by atoms with Crippen LogP contribution in [0.4, 0.5) is 4.39 Å². The van der Waals surface area contributed by atoms with Crippen LogP contribution >= 0.6 is 0 Å². The SMILES string of the molecule is O[C@H]1CCC[C@]12CN=C(N1CCc3ccccc3[C@@H]1c1ccc(F)cc1)O2. The zero-order valence-electron chi connectivity index (χ0n) is 15.1. The molecule has 0 saturated heterocycles. The number of hydrogen-bond donors (Lipinski definition) is 1. The first kappa shape index (κ1) is 16.8. The van der Waals surface area contributed by atoms with Gasteiger partial charge in [-0.15, -0.1) is 0 Å². The minimum absolute atomic E-state index is 0.0667. The molecule has 0 radical (unpaired) electrons. The monoisotopic (exact) mass is 366 g/mol. The van der Waals surface area contributed by atoms with Gasteiger partial charge >= 0.3 is 0 Å². The summed E-state index contributed by atoms with van der Waals surface area (Å²) in [4.78, 5) is 6.87. The normalized spacial score (nSPS) is 29.6. The highest BCUT2D eigenvalue weighted by molar-refractivity contribution is 5.78. The minimum Gasteiger partial charge on any atom is -0.454 e. The number of nitrogens with zero attached hydrogens (tertiary/aromatic N) is 2. The molecule has 140 valence electrons. The molecule has 1 fully saturated rings. The van der Waals surface area contributed by atoms with Gasteiger partial charge in [-0.3, -0.25) is 0 Å². The number of amidine groups is 1. The molecule has 1 spiro atoms. The van der Waals surface area contributed by atoms with Gasteiger partial charge in [-0.1, -0.05) is 36.4 Å². The summed E-state index contributed by atoms with van der Waals surface area (Å²) < 4.78 is 19.8. The van der Waals surface area contributed by atoms with Crippen LogP contribution in [0.3, 0.4) is 0 Å². The van der Waals surface area contributed by atoms with Gasteiger partial charge in [0, 0.05) is 6.54 Å². The molecule has 2 heterocycles. The number of rotatable bonds is 1. The van der Waals surface area contributed by atoms with Crippen molar-refractivity contribution >= 4 is 6.02 Å². The zero-order valence-corrected chi connectivity index (χ0v) is 15.1. The number of benzene rings is 2. The molecule has 3 atom stereocenters. The third-order valence-corrected chi connectivity index (χ3v) is 6.18. The number of fused-ring (bicyclic) bond motifs is 1. The lowest BCUT2D eigenvalue weighted by Gasteiger charge is -2.39. The highest BCUT2D eigenvalue weighted by Gasteiger charge is 2.50. The van der Waals surface area contributed by atoms with Crippen LogP contribution in [0.2, 0.25) is 0 Å². The molecule has 1 aliphatic carbocycles. The van der Waals surface area contributed by atoms with E-state index in [1.807, 2.05) is 18.2 Å². The van der Waals surface area contributed by atoms with E-state index >= 15 is 0 Å². The number of hydrogen-bond acceptors (Lipinski definition) is 4. The van der Waals surface area contributed by atoms with Crippen LogP contribution in [0.5, 0.6) is 0 Å². The molecule has 0 amide bonds. The van der Waals surface area contributed by atoms with Crippen LogP contribution in [0, 0.1) is 5.82 Å². The first-order valence-electron chi connectivity index (χ1n) is 9.68. The van der Waals surface area contributed by atoms with Gasteiger partial charge in [-0.05, 0) is 54.5 Å². The molecule has 1 saturated carbocycles. The highest BCUT2D eigenvalue weighted by atomic mass is 19.1. The third-order valence-electron chi connectivity index (χ3n) is 6.18. The quantitative estimate of drug-likeness (QED) is 0.841. The van der Waals surface area contributed by atoms with Crippen molar-refractivity contribution in [2.24, 2.45) is 4.99 Å². The van der Waals surface area contributed by atoms with E-state index in [2.05, 4.69) is 23.1 Å². The van der Waals surface area contributed by atoms with Crippen LogP contribution in [0.15, 0.2) is 53.5 Å². The van der Waals surface area contributed by atoms with Crippen LogP contribution in [-0.2, 0) is 11.2 Å². The fourth-order valence-electron chi connectivity index (χ4n) is 4.70. The van der Waals surface area contributed by atoms with Crippen LogP contribution in [0.1, 0.15) is 42.0 Å². The van der Waals surface area contributed by atoms with E-state index in [0.717, 1.165) is 37.8 Å². The molecule has 2 aromatic rings. The maximum atomic E-state index is 13.5. The second-order valence-corrected chi connectivity index (χ2v) is 7.77. The summed E-state index contributed by atoms with van der Waals surface area (Å²) in [5.41, 5.74) is 2.97. The summed E-state index contributed by atoms with van der Waals surface area (Å²) in [6, 6.07) is 15.6. The Balaban J connectivity index is 1.52. The van der Waals surface area contributed by atoms with E-state index in [1.54, 1.807) is 0 Å². The number of aliphatic hydroxyl groups is 1. The van der Waals surface area contributed by atoms with Gasteiger partial charge in [-0.25, -0.2) is 9.38 Å². The molecule has 5 heteroatoms. The molecule has 1 N–H and O–H groups in total. The fourth-order valence-corrected chi connectivity index (χ4v) is 4.70. The van der Waals surface area contributed by atoms with Crippen molar-refractivity contribution in [1.29, 1.82) is 0 Å². The summed E-state index contributed by atoms with van der Waals surface area (Å²) in [7, 11) is 0. The second-order valence-electron chi connectivity index (χ2n) is 7.77. The van der Waals surface area contributed by atoms with E-state index in [0.29, 0.717) is 12.6 Å². The Morgan fingerprint density at radius 1 is 1.15 bits per heavy atom. The second kappa shape index (κ2) is 6.34. The largest absolute Gasteiger partial charge is 0.454 e. The lowest BCUT2D eigenvalue weighted by Crippen LogP contribution is -2.46. The van der Waals surface area contributed by atoms with Gasteiger partial charge in [0.05, 0.1) is 18.7 Å². The van der Waals surface area contributed by atoms with Gasteiger partial charge in [0.2, 0.25) is 0 Å². The fraction of sp³-hybridized carbons (Fsp3) is 0.409. The Kier molecular flexibility index (Phi) is 3.93. The maximum Gasteiger partial charge on any atom is 0.288 e. The number of halogens is 1. The first-order chi connectivity index (χ1) is 13.2. The van der Waals surface area contributed by atoms with Crippen LogP contribution in [-0.4, -0.2) is 40.8 Å². The Hall–Kier alpha value is -2.40. The summed E-state index contributed by atoms with van der Waals surface area (Å²) in [5, 5.41) is 10.4. The molecular weight excluding hydrogens is 343 g/mol. The summed E-state index contributed by atoms with van der Waals surface area (Å²) in [6.07, 6.45) is 3.03. The molecule has 2 aliphatic heterocycles. The molecule has 4 nitrogen and oxygen atoms in total. The van der Waals surface area contributed by atoms with Crippen molar-refractivity contribution in [3.8, 4) is 0 Å². The molecule has 2 aromatic carbocycles. The lowest BCUT2D eigenvalue weighted by molar-refractivity contribution is -0.0302. The number of aliphatic hydroxyl groups excluding tert-OH is 1. The summed E-state index contributed by atoms with van der Waals surface area (Å²) in [5.74, 6) is -0.239. The molecule has 0 aromatic heterocycles. The van der Waals surface area contributed by atoms with Gasteiger partial charge in [-0.2, -0.15) is 0 Å². The van der Waals surface area contributed by atoms with Crippen molar-refractivity contribution in [3.63, 3.8) is 0 Å². The van der Waals surface area contributed by atoms with Crippen molar-refractivity contribution in [2.75, 3.05) is 13.1 Å². The standard InChI is InChI=1S/C22H23FN2O2/c23-17-9-7-16(8-10-17)20-18-5-2-1-4-15(18)11-13-25(20)21-24-14-22(27-21)12-3-6-19(22)26/h1-2,4-5,7-10,19-20,26H,3,6,11-14H2/t19-,20-,22-/m0/s1. The summed E-state index contributed by atoms with van der Waals surface area (Å²) in [6.45, 7) is 1.29. The molecular formula is C22H23FN2O2. The topological polar surface area (TPSA) is 45.1 Å². The Bertz CT molecular complexity index is 882. The minimum atomic E-state index is -0.556. The molecule has 3 aliphatic rings. The molecule has 27 heavy (non-hydrogen) atoms. The number of ether oxygens (including phenoxy) is 1.